The van der Waals surface area contributed by atoms with Gasteiger partial charge in [-0.05, 0) is 47.7 Å². The molecule has 2 aromatic carbocycles. The Hall–Kier alpha value is -4.35. The SMILES string of the molecule is CCCCCC1(CCCCC)O[C@@H]2[C@H](O1)[C@H]1ON(Cc3ccccc3C=CC(=O)OCC(F)(F)F)[C@H]3C(=O)O[C@@H]2C[C@@]13C(=O)NCc1cccc(C(=O)NCCO)c1. The number of amides is 2. The van der Waals surface area contributed by atoms with Crippen LogP contribution in [0.4, 0.5) is 13.2 Å². The number of benzene rings is 2. The van der Waals surface area contributed by atoms with E-state index in [9.17, 15) is 32.3 Å². The lowest BCUT2D eigenvalue weighted by atomic mass is 9.62. The third-order valence-corrected chi connectivity index (χ3v) is 11.2. The summed E-state index contributed by atoms with van der Waals surface area (Å²) < 4.78 is 62.1. The van der Waals surface area contributed by atoms with E-state index in [0.717, 1.165) is 44.6 Å². The molecule has 3 aliphatic heterocycles. The Labute approximate surface area is 335 Å². The summed E-state index contributed by atoms with van der Waals surface area (Å²) in [4.78, 5) is 60.5. The maximum Gasteiger partial charge on any atom is 0.422 e. The summed E-state index contributed by atoms with van der Waals surface area (Å²) in [5.41, 5.74) is 0.440. The van der Waals surface area contributed by atoms with Crippen LogP contribution in [-0.4, -0.2) is 96.1 Å². The predicted molar refractivity (Wildman–Crippen MR) is 202 cm³/mol. The maximum absolute atomic E-state index is 14.8. The van der Waals surface area contributed by atoms with Crippen molar-refractivity contribution in [2.45, 2.75) is 127 Å². The largest absolute Gasteiger partial charge is 0.458 e. The summed E-state index contributed by atoms with van der Waals surface area (Å²) >= 11 is 0. The fourth-order valence-electron chi connectivity index (χ4n) is 8.51. The molecule has 3 N–H and O–H groups in total. The Balaban J connectivity index is 1.32. The lowest BCUT2D eigenvalue weighted by molar-refractivity contribution is -0.224. The topological polar surface area (TPSA) is 162 Å². The number of nitrogens with one attached hydrogen (secondary N) is 2. The average Bonchev–Trinajstić information content (AvgIpc) is 3.76. The van der Waals surface area contributed by atoms with Crippen LogP contribution in [-0.2, 0) is 51.3 Å². The highest BCUT2D eigenvalue weighted by Crippen LogP contribution is 2.58. The van der Waals surface area contributed by atoms with Gasteiger partial charge in [-0.2, -0.15) is 18.2 Å². The third kappa shape index (κ3) is 9.57. The molecule has 2 amide bonds. The molecule has 16 heteroatoms. The van der Waals surface area contributed by atoms with Crippen molar-refractivity contribution < 1.29 is 61.2 Å². The summed E-state index contributed by atoms with van der Waals surface area (Å²) in [5.74, 6) is -3.69. The van der Waals surface area contributed by atoms with Crippen LogP contribution in [0.3, 0.4) is 0 Å². The summed E-state index contributed by atoms with van der Waals surface area (Å²) in [6, 6.07) is 12.2. The first-order valence-electron chi connectivity index (χ1n) is 20.1. The lowest BCUT2D eigenvalue weighted by Gasteiger charge is -2.48. The number of unbranched alkanes of at least 4 members (excludes halogenated alkanes) is 4. The summed E-state index contributed by atoms with van der Waals surface area (Å²) in [6.45, 7) is 2.31. The first-order valence-corrected chi connectivity index (χ1v) is 20.1. The number of ether oxygens (including phenoxy) is 4. The molecule has 3 saturated heterocycles. The van der Waals surface area contributed by atoms with E-state index in [1.54, 1.807) is 48.5 Å². The van der Waals surface area contributed by atoms with Crippen molar-refractivity contribution in [3.8, 4) is 0 Å². The van der Waals surface area contributed by atoms with Gasteiger partial charge in [-0.1, -0.05) is 75.9 Å². The third-order valence-electron chi connectivity index (χ3n) is 11.2. The monoisotopic (exact) mass is 815 g/mol. The van der Waals surface area contributed by atoms with Crippen LogP contribution in [0.25, 0.3) is 6.08 Å². The minimum Gasteiger partial charge on any atom is -0.458 e. The molecule has 13 nitrogen and oxygen atoms in total. The van der Waals surface area contributed by atoms with Crippen LogP contribution in [0.5, 0.6) is 0 Å². The van der Waals surface area contributed by atoms with Gasteiger partial charge in [-0.3, -0.25) is 19.2 Å². The zero-order valence-electron chi connectivity index (χ0n) is 32.8. The van der Waals surface area contributed by atoms with E-state index >= 15 is 0 Å². The first-order chi connectivity index (χ1) is 27.8. The number of esters is 2. The molecule has 58 heavy (non-hydrogen) atoms. The smallest absolute Gasteiger partial charge is 0.422 e. The number of carbonyl (C=O) groups is 4. The van der Waals surface area contributed by atoms with Crippen LogP contribution in [0.15, 0.2) is 54.6 Å². The molecule has 6 rings (SSSR count). The molecule has 316 valence electrons. The summed E-state index contributed by atoms with van der Waals surface area (Å²) in [7, 11) is 0. The van der Waals surface area contributed by atoms with Gasteiger partial charge in [-0.25, -0.2) is 4.79 Å². The van der Waals surface area contributed by atoms with Crippen LogP contribution in [0, 0.1) is 5.41 Å². The Bertz CT molecular complexity index is 1810. The number of alkyl halides is 3. The minimum atomic E-state index is -4.68. The normalized spacial score (nSPS) is 26.0. The number of hydroxylamine groups is 2. The van der Waals surface area contributed by atoms with E-state index in [-0.39, 0.29) is 38.6 Å². The van der Waals surface area contributed by atoms with Gasteiger partial charge in [0.05, 0.1) is 13.2 Å². The van der Waals surface area contributed by atoms with Gasteiger partial charge in [0.25, 0.3) is 5.91 Å². The molecule has 0 aromatic heterocycles. The van der Waals surface area contributed by atoms with E-state index in [2.05, 4.69) is 29.2 Å². The van der Waals surface area contributed by atoms with E-state index in [4.69, 9.17) is 24.2 Å². The maximum atomic E-state index is 14.8. The number of hydrogen-bond acceptors (Lipinski definition) is 11. The molecule has 4 aliphatic rings. The molecule has 6 atom stereocenters. The quantitative estimate of drug-likeness (QED) is 0.0961. The summed E-state index contributed by atoms with van der Waals surface area (Å²) in [6.07, 6.45) is 1.17. The zero-order valence-corrected chi connectivity index (χ0v) is 32.8. The lowest BCUT2D eigenvalue weighted by Crippen LogP contribution is -2.69. The fraction of sp³-hybridized carbons (Fsp3) is 0.571. The number of halogens is 3. The van der Waals surface area contributed by atoms with Gasteiger partial charge in [0.1, 0.15) is 29.8 Å². The number of hydrogen-bond donors (Lipinski definition) is 3. The predicted octanol–water partition coefficient (Wildman–Crippen LogP) is 5.28. The van der Waals surface area contributed by atoms with E-state index in [1.807, 2.05) is 0 Å². The molecule has 1 saturated carbocycles. The molecule has 2 aromatic rings. The Morgan fingerprint density at radius 3 is 2.41 bits per heavy atom. The molecular weight excluding hydrogens is 763 g/mol. The van der Waals surface area contributed by atoms with Gasteiger partial charge < -0.3 is 34.7 Å². The highest BCUT2D eigenvalue weighted by Gasteiger charge is 2.76. The first kappa shape index (κ1) is 43.2. The molecule has 2 bridgehead atoms. The highest BCUT2D eigenvalue weighted by molar-refractivity contribution is 5.95. The molecule has 0 radical (unpaired) electrons. The van der Waals surface area contributed by atoms with Gasteiger partial charge in [0.2, 0.25) is 5.91 Å². The summed E-state index contributed by atoms with van der Waals surface area (Å²) in [5, 5.41) is 16.2. The second-order valence-electron chi connectivity index (χ2n) is 15.3. The Kier molecular flexibility index (Phi) is 13.9. The molecule has 0 spiro atoms. The van der Waals surface area contributed by atoms with Crippen molar-refractivity contribution in [2.24, 2.45) is 5.41 Å². The second kappa shape index (κ2) is 18.7. The van der Waals surface area contributed by atoms with Gasteiger partial charge in [0, 0.05) is 44.0 Å². The second-order valence-corrected chi connectivity index (χ2v) is 15.3. The van der Waals surface area contributed by atoms with Crippen LogP contribution in [0.1, 0.15) is 98.7 Å². The number of fused-ring (bicyclic) bond motifs is 4. The minimum absolute atomic E-state index is 0.0162. The van der Waals surface area contributed by atoms with Gasteiger partial charge in [0.15, 0.2) is 18.4 Å². The molecule has 3 heterocycles. The van der Waals surface area contributed by atoms with Crippen LogP contribution in [0.2, 0.25) is 0 Å². The average molecular weight is 816 g/mol. The van der Waals surface area contributed by atoms with Gasteiger partial charge >= 0.3 is 18.1 Å². The fourth-order valence-corrected chi connectivity index (χ4v) is 8.51. The number of rotatable bonds is 19. The standard InChI is InChI=1S/C42H52F3N3O10/c1-3-5-9-18-40(19-10-6-4-2)56-33-31-23-41(39(53)47-24-27-12-11-15-29(22-27)37(51)46-20-21-49)35(38(52)55-31)48(58-36(41)34(33)57-40)25-30-14-8-7-13-28(30)16-17-32(50)54-26-42(43,44)45/h7-8,11-17,22,31,33-36,49H,3-6,9-10,18-21,23-26H2,1-2H3,(H,46,51)(H,47,53)/t31-,33+,34+,35+,36-,41+/m1/s1. The van der Waals surface area contributed by atoms with E-state index in [1.165, 1.54) is 11.1 Å². The molecule has 1 aliphatic carbocycles. The van der Waals surface area contributed by atoms with Crippen molar-refractivity contribution in [1.29, 1.82) is 0 Å². The van der Waals surface area contributed by atoms with Crippen molar-refractivity contribution in [3.63, 3.8) is 0 Å². The molecule has 0 unspecified atom stereocenters. The van der Waals surface area contributed by atoms with Crippen LogP contribution < -0.4 is 10.6 Å². The molecular formula is C42H52F3N3O10. The Morgan fingerprint density at radius 2 is 1.71 bits per heavy atom. The number of nitrogens with zero attached hydrogens (tertiary/aromatic N) is 1. The van der Waals surface area contributed by atoms with E-state index in [0.29, 0.717) is 35.1 Å². The number of aliphatic hydroxyl groups is 1. The van der Waals surface area contributed by atoms with E-state index < -0.39 is 72.3 Å². The highest BCUT2D eigenvalue weighted by atomic mass is 19.4. The van der Waals surface area contributed by atoms with Crippen molar-refractivity contribution in [3.05, 3.63) is 76.9 Å². The number of carbonyl (C=O) groups excluding carboxylic acids is 4. The van der Waals surface area contributed by atoms with Gasteiger partial charge in [-0.15, -0.1) is 0 Å². The Morgan fingerprint density at radius 1 is 0.983 bits per heavy atom. The van der Waals surface area contributed by atoms with Crippen molar-refractivity contribution >= 4 is 29.8 Å². The number of aliphatic hydroxyl groups excluding tert-OH is 1. The zero-order chi connectivity index (χ0) is 41.5. The van der Waals surface area contributed by atoms with Crippen LogP contribution >= 0.6 is 0 Å². The van der Waals surface area contributed by atoms with Crippen molar-refractivity contribution in [1.82, 2.24) is 15.7 Å². The molecule has 4 fully saturated rings. The van der Waals surface area contributed by atoms with Crippen molar-refractivity contribution in [2.75, 3.05) is 19.8 Å².